The van der Waals surface area contributed by atoms with Crippen LogP contribution >= 0.6 is 11.8 Å². The SMILES string of the molecule is CN1C(=O)c2ccccc2Sc2cc(NC(=O)COc3ccccc3)ccc21. The molecule has 0 bridgehead atoms. The highest BCUT2D eigenvalue weighted by molar-refractivity contribution is 7.99. The summed E-state index contributed by atoms with van der Waals surface area (Å²) < 4.78 is 5.48. The fraction of sp³-hybridized carbons (Fsp3) is 0.0909. The van der Waals surface area contributed by atoms with Crippen LogP contribution in [0.2, 0.25) is 0 Å². The number of amides is 2. The second kappa shape index (κ2) is 7.78. The minimum Gasteiger partial charge on any atom is -0.484 e. The van der Waals surface area contributed by atoms with Crippen LogP contribution in [0.15, 0.2) is 82.6 Å². The van der Waals surface area contributed by atoms with E-state index >= 15 is 0 Å². The van der Waals surface area contributed by atoms with E-state index in [1.54, 1.807) is 30.1 Å². The summed E-state index contributed by atoms with van der Waals surface area (Å²) in [6.45, 7) is -0.0739. The molecule has 3 aromatic carbocycles. The molecule has 5 nitrogen and oxygen atoms in total. The van der Waals surface area contributed by atoms with Gasteiger partial charge >= 0.3 is 0 Å². The molecule has 1 heterocycles. The maximum Gasteiger partial charge on any atom is 0.262 e. The number of hydrogen-bond acceptors (Lipinski definition) is 4. The maximum absolute atomic E-state index is 12.7. The van der Waals surface area contributed by atoms with Gasteiger partial charge in [-0.2, -0.15) is 0 Å². The standard InChI is InChI=1S/C22H18N2O3S/c1-24-18-12-11-15(23-21(25)14-27-16-7-3-2-4-8-16)13-20(18)28-19-10-6-5-9-17(19)22(24)26/h2-13H,14H2,1H3,(H,23,25). The summed E-state index contributed by atoms with van der Waals surface area (Å²) in [5, 5.41) is 2.85. The molecule has 2 amide bonds. The van der Waals surface area contributed by atoms with Gasteiger partial charge in [0, 0.05) is 22.5 Å². The monoisotopic (exact) mass is 390 g/mol. The van der Waals surface area contributed by atoms with Crippen LogP contribution in [0.3, 0.4) is 0 Å². The van der Waals surface area contributed by atoms with E-state index in [0.717, 1.165) is 15.5 Å². The van der Waals surface area contributed by atoms with Crippen molar-refractivity contribution in [2.75, 3.05) is 23.9 Å². The van der Waals surface area contributed by atoms with Crippen LogP contribution in [0.5, 0.6) is 5.75 Å². The molecule has 1 aliphatic heterocycles. The number of anilines is 2. The molecule has 0 spiro atoms. The van der Waals surface area contributed by atoms with Crippen LogP contribution in [0, 0.1) is 0 Å². The van der Waals surface area contributed by atoms with Crippen LogP contribution < -0.4 is 15.0 Å². The van der Waals surface area contributed by atoms with Gasteiger partial charge in [-0.25, -0.2) is 0 Å². The van der Waals surface area contributed by atoms with Gasteiger partial charge in [0.15, 0.2) is 6.61 Å². The van der Waals surface area contributed by atoms with Crippen molar-refractivity contribution in [3.8, 4) is 5.75 Å². The molecule has 1 N–H and O–H groups in total. The molecule has 140 valence electrons. The lowest BCUT2D eigenvalue weighted by Crippen LogP contribution is -2.26. The number of fused-ring (bicyclic) bond motifs is 2. The molecule has 4 rings (SSSR count). The van der Waals surface area contributed by atoms with E-state index in [9.17, 15) is 9.59 Å². The molecule has 3 aromatic rings. The molecule has 0 saturated heterocycles. The number of nitrogens with one attached hydrogen (secondary N) is 1. The Kier molecular flexibility index (Phi) is 5.04. The van der Waals surface area contributed by atoms with Crippen LogP contribution in [0.4, 0.5) is 11.4 Å². The summed E-state index contributed by atoms with van der Waals surface area (Å²) in [4.78, 5) is 28.4. The molecule has 0 saturated carbocycles. The Morgan fingerprint density at radius 3 is 2.57 bits per heavy atom. The molecular weight excluding hydrogens is 372 g/mol. The normalized spacial score (nSPS) is 12.6. The zero-order chi connectivity index (χ0) is 19.5. The van der Waals surface area contributed by atoms with Crippen LogP contribution in [-0.4, -0.2) is 25.5 Å². The Hall–Kier alpha value is -3.25. The fourth-order valence-electron chi connectivity index (χ4n) is 2.95. The second-order valence-electron chi connectivity index (χ2n) is 6.29. The summed E-state index contributed by atoms with van der Waals surface area (Å²) in [6, 6.07) is 22.3. The van der Waals surface area contributed by atoms with Gasteiger partial charge in [0.05, 0.1) is 11.3 Å². The van der Waals surface area contributed by atoms with E-state index in [4.69, 9.17) is 4.74 Å². The van der Waals surface area contributed by atoms with Crippen molar-refractivity contribution in [2.45, 2.75) is 9.79 Å². The molecular formula is C22H18N2O3S. The summed E-state index contributed by atoms with van der Waals surface area (Å²) >= 11 is 1.52. The lowest BCUT2D eigenvalue weighted by Gasteiger charge is -2.18. The fourth-order valence-corrected chi connectivity index (χ4v) is 4.10. The number of nitrogens with zero attached hydrogens (tertiary/aromatic N) is 1. The number of rotatable bonds is 4. The average Bonchev–Trinajstić information content (AvgIpc) is 2.82. The highest BCUT2D eigenvalue weighted by Crippen LogP contribution is 2.41. The largest absolute Gasteiger partial charge is 0.484 e. The lowest BCUT2D eigenvalue weighted by atomic mass is 10.2. The first-order chi connectivity index (χ1) is 13.6. The molecule has 28 heavy (non-hydrogen) atoms. The van der Waals surface area contributed by atoms with E-state index in [0.29, 0.717) is 17.0 Å². The molecule has 0 aliphatic carbocycles. The van der Waals surface area contributed by atoms with Gasteiger partial charge in [0.1, 0.15) is 5.75 Å². The van der Waals surface area contributed by atoms with E-state index in [2.05, 4.69) is 5.32 Å². The zero-order valence-corrected chi connectivity index (χ0v) is 16.0. The zero-order valence-electron chi connectivity index (χ0n) is 15.2. The minimum absolute atomic E-state index is 0.0464. The number of para-hydroxylation sites is 1. The third kappa shape index (κ3) is 3.73. The van der Waals surface area contributed by atoms with Crippen molar-refractivity contribution >= 4 is 35.0 Å². The van der Waals surface area contributed by atoms with Gasteiger partial charge < -0.3 is 15.0 Å². The first-order valence-electron chi connectivity index (χ1n) is 8.78. The van der Waals surface area contributed by atoms with Gasteiger partial charge in [0.25, 0.3) is 11.8 Å². The number of benzene rings is 3. The molecule has 0 radical (unpaired) electrons. The highest BCUT2D eigenvalue weighted by Gasteiger charge is 2.24. The Balaban J connectivity index is 1.52. The Morgan fingerprint density at radius 1 is 1.00 bits per heavy atom. The van der Waals surface area contributed by atoms with Crippen LogP contribution in [0.1, 0.15) is 10.4 Å². The van der Waals surface area contributed by atoms with Crippen LogP contribution in [-0.2, 0) is 4.79 Å². The van der Waals surface area contributed by atoms with Gasteiger partial charge in [-0.15, -0.1) is 0 Å². The van der Waals surface area contributed by atoms with Crippen LogP contribution in [0.25, 0.3) is 0 Å². The third-order valence-corrected chi connectivity index (χ3v) is 5.48. The summed E-state index contributed by atoms with van der Waals surface area (Å²) in [5.74, 6) is 0.356. The van der Waals surface area contributed by atoms with Gasteiger partial charge in [-0.05, 0) is 42.5 Å². The Morgan fingerprint density at radius 2 is 1.75 bits per heavy atom. The molecule has 6 heteroatoms. The smallest absolute Gasteiger partial charge is 0.262 e. The topological polar surface area (TPSA) is 58.6 Å². The first kappa shape index (κ1) is 18.1. The highest BCUT2D eigenvalue weighted by atomic mass is 32.2. The predicted octanol–water partition coefficient (Wildman–Crippen LogP) is 4.45. The van der Waals surface area contributed by atoms with E-state index in [1.807, 2.05) is 54.6 Å². The van der Waals surface area contributed by atoms with Gasteiger partial charge in [-0.3, -0.25) is 9.59 Å². The molecule has 0 atom stereocenters. The number of carbonyl (C=O) groups is 2. The molecule has 0 unspecified atom stereocenters. The number of carbonyl (C=O) groups excluding carboxylic acids is 2. The van der Waals surface area contributed by atoms with E-state index in [1.165, 1.54) is 11.8 Å². The lowest BCUT2D eigenvalue weighted by molar-refractivity contribution is -0.118. The first-order valence-corrected chi connectivity index (χ1v) is 9.60. The predicted molar refractivity (Wildman–Crippen MR) is 110 cm³/mol. The van der Waals surface area contributed by atoms with Crippen molar-refractivity contribution in [3.05, 3.63) is 78.4 Å². The quantitative estimate of drug-likeness (QED) is 0.715. The minimum atomic E-state index is -0.243. The van der Waals surface area contributed by atoms with E-state index in [-0.39, 0.29) is 18.4 Å². The van der Waals surface area contributed by atoms with E-state index < -0.39 is 0 Å². The molecule has 1 aliphatic rings. The van der Waals surface area contributed by atoms with Crippen molar-refractivity contribution in [1.29, 1.82) is 0 Å². The van der Waals surface area contributed by atoms with Crippen molar-refractivity contribution in [3.63, 3.8) is 0 Å². The van der Waals surface area contributed by atoms with Crippen molar-refractivity contribution in [2.24, 2.45) is 0 Å². The van der Waals surface area contributed by atoms with Crippen molar-refractivity contribution in [1.82, 2.24) is 0 Å². The third-order valence-electron chi connectivity index (χ3n) is 4.36. The Labute approximate surface area is 167 Å². The number of ether oxygens (including phenoxy) is 1. The van der Waals surface area contributed by atoms with Gasteiger partial charge in [-0.1, -0.05) is 42.1 Å². The van der Waals surface area contributed by atoms with Gasteiger partial charge in [0.2, 0.25) is 0 Å². The molecule has 0 fully saturated rings. The Bertz CT molecular complexity index is 1040. The van der Waals surface area contributed by atoms with Crippen molar-refractivity contribution < 1.29 is 14.3 Å². The maximum atomic E-state index is 12.7. The molecule has 0 aromatic heterocycles. The summed E-state index contributed by atoms with van der Waals surface area (Å²) in [7, 11) is 1.76. The summed E-state index contributed by atoms with van der Waals surface area (Å²) in [5.41, 5.74) is 2.14. The average molecular weight is 390 g/mol. The summed E-state index contributed by atoms with van der Waals surface area (Å²) in [6.07, 6.45) is 0. The number of hydrogen-bond donors (Lipinski definition) is 1. The second-order valence-corrected chi connectivity index (χ2v) is 7.38.